The van der Waals surface area contributed by atoms with Gasteiger partial charge in [-0.15, -0.1) is 0 Å². The normalized spacial score (nSPS) is 13.0. The lowest BCUT2D eigenvalue weighted by molar-refractivity contribution is -0.136. The number of esters is 1. The largest absolute Gasteiger partial charge is 0.466 e. The van der Waals surface area contributed by atoms with Gasteiger partial charge in [0, 0.05) is 5.03 Å². The van der Waals surface area contributed by atoms with Gasteiger partial charge in [0.1, 0.15) is 6.10 Å². The Balaban J connectivity index is 2.82. The summed E-state index contributed by atoms with van der Waals surface area (Å²) in [6.07, 6.45) is 0.186. The van der Waals surface area contributed by atoms with E-state index in [9.17, 15) is 9.90 Å². The minimum absolute atomic E-state index is 0.0541. The summed E-state index contributed by atoms with van der Waals surface area (Å²) < 4.78 is 4.45. The van der Waals surface area contributed by atoms with E-state index in [1.54, 1.807) is 12.1 Å². The van der Waals surface area contributed by atoms with Crippen molar-refractivity contribution in [2.45, 2.75) is 6.10 Å². The summed E-state index contributed by atoms with van der Waals surface area (Å²) in [5, 5.41) is 10.0. The van der Waals surface area contributed by atoms with Crippen LogP contribution in [0.2, 0.25) is 0 Å². The predicted molar refractivity (Wildman–Crippen MR) is 67.4 cm³/mol. The highest BCUT2D eigenvalue weighted by atomic mass is 35.5. The molecule has 4 heteroatoms. The van der Waals surface area contributed by atoms with E-state index in [1.165, 1.54) is 13.2 Å². The molecule has 0 aliphatic rings. The van der Waals surface area contributed by atoms with Crippen molar-refractivity contribution in [2.75, 3.05) is 7.11 Å². The molecule has 1 aromatic carbocycles. The molecular weight excluding hydrogens is 240 g/mol. The van der Waals surface area contributed by atoms with Crippen LogP contribution >= 0.6 is 11.6 Å². The predicted octanol–water partition coefficient (Wildman–Crippen LogP) is 2.36. The number of methoxy groups -OCH3 is 1. The summed E-state index contributed by atoms with van der Waals surface area (Å²) in [4.78, 5) is 11.1. The molecule has 0 aliphatic carbocycles. The first-order valence-electron chi connectivity index (χ1n) is 4.94. The van der Waals surface area contributed by atoms with Crippen LogP contribution in [0.5, 0.6) is 0 Å². The van der Waals surface area contributed by atoms with Gasteiger partial charge in [-0.3, -0.25) is 0 Å². The van der Waals surface area contributed by atoms with E-state index in [0.29, 0.717) is 5.03 Å². The fourth-order valence-electron chi connectivity index (χ4n) is 1.18. The second-order valence-corrected chi connectivity index (χ2v) is 3.75. The summed E-state index contributed by atoms with van der Waals surface area (Å²) in [6, 6.07) is 9.11. The van der Waals surface area contributed by atoms with Crippen LogP contribution in [0, 0.1) is 0 Å². The van der Waals surface area contributed by atoms with Crippen LogP contribution in [0.1, 0.15) is 5.56 Å². The zero-order valence-electron chi connectivity index (χ0n) is 9.39. The zero-order chi connectivity index (χ0) is 12.8. The minimum atomic E-state index is -1.16. The molecular formula is C13H13ClO3. The zero-order valence-corrected chi connectivity index (χ0v) is 10.1. The van der Waals surface area contributed by atoms with Crippen molar-refractivity contribution in [1.82, 2.24) is 0 Å². The third kappa shape index (κ3) is 3.73. The van der Waals surface area contributed by atoms with E-state index < -0.39 is 12.1 Å². The van der Waals surface area contributed by atoms with E-state index in [4.69, 9.17) is 11.6 Å². The molecule has 0 heterocycles. The highest BCUT2D eigenvalue weighted by molar-refractivity contribution is 6.48. The lowest BCUT2D eigenvalue weighted by Gasteiger charge is -2.08. The lowest BCUT2D eigenvalue weighted by Crippen LogP contribution is -2.16. The number of aliphatic hydroxyl groups is 1. The number of aliphatic hydroxyl groups excluding tert-OH is 1. The van der Waals surface area contributed by atoms with Crippen LogP contribution < -0.4 is 0 Å². The molecule has 17 heavy (non-hydrogen) atoms. The number of halogens is 1. The van der Waals surface area contributed by atoms with Crippen LogP contribution in [-0.4, -0.2) is 24.3 Å². The van der Waals surface area contributed by atoms with Gasteiger partial charge in [0.05, 0.1) is 12.7 Å². The molecule has 0 bridgehead atoms. The van der Waals surface area contributed by atoms with Crippen molar-refractivity contribution in [3.63, 3.8) is 0 Å². The Morgan fingerprint density at radius 2 is 2.06 bits per heavy atom. The second kappa shape index (κ2) is 6.23. The number of hydrogen-bond acceptors (Lipinski definition) is 3. The van der Waals surface area contributed by atoms with Crippen LogP contribution in [0.15, 0.2) is 48.6 Å². The Bertz CT molecular complexity index is 437. The molecule has 1 rings (SSSR count). The highest BCUT2D eigenvalue weighted by Gasteiger charge is 2.15. The van der Waals surface area contributed by atoms with Crippen molar-refractivity contribution in [1.29, 1.82) is 0 Å². The van der Waals surface area contributed by atoms with Crippen LogP contribution in [0.25, 0.3) is 5.03 Å². The Morgan fingerprint density at radius 1 is 1.47 bits per heavy atom. The van der Waals surface area contributed by atoms with Crippen molar-refractivity contribution >= 4 is 22.6 Å². The van der Waals surface area contributed by atoms with Gasteiger partial charge in [0.2, 0.25) is 0 Å². The van der Waals surface area contributed by atoms with Gasteiger partial charge < -0.3 is 9.84 Å². The summed E-state index contributed by atoms with van der Waals surface area (Å²) >= 11 is 6.00. The van der Waals surface area contributed by atoms with Crippen LogP contribution in [0.3, 0.4) is 0 Å². The molecule has 0 amide bonds. The van der Waals surface area contributed by atoms with Crippen molar-refractivity contribution in [2.24, 2.45) is 0 Å². The molecule has 90 valence electrons. The van der Waals surface area contributed by atoms with E-state index >= 15 is 0 Å². The first kappa shape index (κ1) is 13.5. The molecule has 0 spiro atoms. The monoisotopic (exact) mass is 252 g/mol. The molecule has 1 atom stereocenters. The Kier molecular flexibility index (Phi) is 4.94. The van der Waals surface area contributed by atoms with Crippen LogP contribution in [-0.2, 0) is 9.53 Å². The smallest absolute Gasteiger partial charge is 0.336 e. The van der Waals surface area contributed by atoms with Gasteiger partial charge >= 0.3 is 5.97 Å². The number of benzene rings is 1. The SMILES string of the molecule is C=C(C(=O)OC)C(O)/C=C(\Cl)c1ccccc1. The highest BCUT2D eigenvalue weighted by Crippen LogP contribution is 2.20. The molecule has 0 aliphatic heterocycles. The molecule has 3 nitrogen and oxygen atoms in total. The molecule has 0 fully saturated rings. The third-order valence-electron chi connectivity index (χ3n) is 2.16. The lowest BCUT2D eigenvalue weighted by atomic mass is 10.1. The first-order chi connectivity index (χ1) is 8.06. The molecule has 0 saturated carbocycles. The van der Waals surface area contributed by atoms with Gasteiger partial charge in [0.15, 0.2) is 0 Å². The van der Waals surface area contributed by atoms with E-state index in [2.05, 4.69) is 11.3 Å². The van der Waals surface area contributed by atoms with E-state index in [1.807, 2.05) is 18.2 Å². The summed E-state index contributed by atoms with van der Waals surface area (Å²) in [7, 11) is 1.22. The summed E-state index contributed by atoms with van der Waals surface area (Å²) in [5.74, 6) is -0.661. The Hall–Kier alpha value is -1.58. The summed E-state index contributed by atoms with van der Waals surface area (Å²) in [5.41, 5.74) is 0.701. The quantitative estimate of drug-likeness (QED) is 0.661. The molecule has 1 N–H and O–H groups in total. The topological polar surface area (TPSA) is 46.5 Å². The van der Waals surface area contributed by atoms with Gasteiger partial charge in [-0.2, -0.15) is 0 Å². The summed E-state index contributed by atoms with van der Waals surface area (Å²) in [6.45, 7) is 3.44. The number of carbonyl (C=O) groups is 1. The molecule has 0 radical (unpaired) electrons. The molecule has 0 aromatic heterocycles. The number of carbonyl (C=O) groups excluding carboxylic acids is 1. The maximum absolute atomic E-state index is 11.1. The third-order valence-corrected chi connectivity index (χ3v) is 2.50. The maximum Gasteiger partial charge on any atom is 0.336 e. The van der Waals surface area contributed by atoms with Gasteiger partial charge in [-0.25, -0.2) is 4.79 Å². The maximum atomic E-state index is 11.1. The van der Waals surface area contributed by atoms with Gasteiger partial charge in [0.25, 0.3) is 0 Å². The van der Waals surface area contributed by atoms with Gasteiger partial charge in [-0.1, -0.05) is 48.5 Å². The second-order valence-electron chi connectivity index (χ2n) is 3.34. The van der Waals surface area contributed by atoms with E-state index in [-0.39, 0.29) is 5.57 Å². The van der Waals surface area contributed by atoms with Crippen LogP contribution in [0.4, 0.5) is 0 Å². The Morgan fingerprint density at radius 3 is 2.59 bits per heavy atom. The number of rotatable bonds is 4. The molecule has 0 saturated heterocycles. The average Bonchev–Trinajstić information content (AvgIpc) is 2.37. The van der Waals surface area contributed by atoms with Crippen molar-refractivity contribution in [3.05, 3.63) is 54.1 Å². The van der Waals surface area contributed by atoms with E-state index in [0.717, 1.165) is 5.56 Å². The standard InChI is InChI=1S/C13H13ClO3/c1-9(13(16)17-2)12(15)8-11(14)10-6-4-3-5-7-10/h3-8,12,15H,1H2,2H3/b11-8-. The fourth-order valence-corrected chi connectivity index (χ4v) is 1.43. The van der Waals surface area contributed by atoms with Crippen molar-refractivity contribution < 1.29 is 14.6 Å². The Labute approximate surface area is 105 Å². The fraction of sp³-hybridized carbons (Fsp3) is 0.154. The number of hydrogen-bond donors (Lipinski definition) is 1. The number of ether oxygens (including phenoxy) is 1. The minimum Gasteiger partial charge on any atom is -0.466 e. The van der Waals surface area contributed by atoms with Gasteiger partial charge in [-0.05, 0) is 11.6 Å². The van der Waals surface area contributed by atoms with Crippen molar-refractivity contribution in [3.8, 4) is 0 Å². The molecule has 1 unspecified atom stereocenters. The first-order valence-corrected chi connectivity index (χ1v) is 5.32. The average molecular weight is 253 g/mol. The molecule has 1 aromatic rings.